The third kappa shape index (κ3) is 3.60. The molecule has 6 heteroatoms. The van der Waals surface area contributed by atoms with Gasteiger partial charge in [-0.05, 0) is 24.1 Å². The lowest BCUT2D eigenvalue weighted by Gasteiger charge is -2.11. The van der Waals surface area contributed by atoms with E-state index in [0.29, 0.717) is 5.69 Å². The Morgan fingerprint density at radius 3 is 2.59 bits per heavy atom. The minimum atomic E-state index is -1.15. The molecule has 0 radical (unpaired) electrons. The van der Waals surface area contributed by atoms with Crippen molar-refractivity contribution in [2.75, 3.05) is 5.32 Å². The summed E-state index contributed by atoms with van der Waals surface area (Å²) in [6.45, 7) is 1.74. The second-order valence-corrected chi connectivity index (χ2v) is 4.75. The molecule has 2 rings (SSSR count). The van der Waals surface area contributed by atoms with Gasteiger partial charge in [-0.15, -0.1) is 0 Å². The number of hydrogen-bond donors (Lipinski definition) is 2. The highest BCUT2D eigenvalue weighted by Crippen LogP contribution is 2.15. The lowest BCUT2D eigenvalue weighted by atomic mass is 10.1. The summed E-state index contributed by atoms with van der Waals surface area (Å²) in [6.07, 6.45) is 1.93. The van der Waals surface area contributed by atoms with Crippen LogP contribution in [-0.2, 0) is 17.8 Å². The first-order valence-corrected chi connectivity index (χ1v) is 6.82. The monoisotopic (exact) mass is 300 g/mol. The molecule has 0 saturated carbocycles. The minimum Gasteiger partial charge on any atom is -0.478 e. The molecule has 0 fully saturated rings. The Bertz CT molecular complexity index is 765. The number of benzene rings is 1. The number of carboxylic acid groups (broad SMARTS) is 1. The standard InChI is InChI=1S/C16H16N2O4/c1-2-11-5-3-4-6-13(11)17-14(19)10-18-9-12(16(21)22)7-8-15(18)20/h3-9H,2,10H2,1H3,(H,17,19)(H,21,22). The van der Waals surface area contributed by atoms with E-state index in [9.17, 15) is 14.4 Å². The van der Waals surface area contributed by atoms with Crippen LogP contribution >= 0.6 is 0 Å². The summed E-state index contributed by atoms with van der Waals surface area (Å²) in [7, 11) is 0. The Morgan fingerprint density at radius 2 is 1.91 bits per heavy atom. The number of amides is 1. The van der Waals surface area contributed by atoms with Crippen LogP contribution in [0.5, 0.6) is 0 Å². The van der Waals surface area contributed by atoms with Crippen LogP contribution in [-0.4, -0.2) is 21.6 Å². The fourth-order valence-corrected chi connectivity index (χ4v) is 2.08. The van der Waals surface area contributed by atoms with E-state index in [2.05, 4.69) is 5.32 Å². The number of aromatic carboxylic acids is 1. The van der Waals surface area contributed by atoms with E-state index in [1.807, 2.05) is 25.1 Å². The van der Waals surface area contributed by atoms with E-state index in [1.54, 1.807) is 6.07 Å². The maximum absolute atomic E-state index is 12.1. The van der Waals surface area contributed by atoms with Crippen molar-refractivity contribution in [3.8, 4) is 0 Å². The van der Waals surface area contributed by atoms with Gasteiger partial charge < -0.3 is 15.0 Å². The Kier molecular flexibility index (Phi) is 4.73. The summed E-state index contributed by atoms with van der Waals surface area (Å²) < 4.78 is 1.08. The molecule has 2 N–H and O–H groups in total. The van der Waals surface area contributed by atoms with E-state index in [0.717, 1.165) is 28.8 Å². The highest BCUT2D eigenvalue weighted by Gasteiger charge is 2.10. The summed E-state index contributed by atoms with van der Waals surface area (Å²) in [6, 6.07) is 9.74. The van der Waals surface area contributed by atoms with E-state index < -0.39 is 11.5 Å². The van der Waals surface area contributed by atoms with Crippen molar-refractivity contribution in [1.29, 1.82) is 0 Å². The van der Waals surface area contributed by atoms with Gasteiger partial charge in [0.2, 0.25) is 5.91 Å². The number of carboxylic acids is 1. The molecule has 0 saturated heterocycles. The van der Waals surface area contributed by atoms with Crippen LogP contribution < -0.4 is 10.9 Å². The summed E-state index contributed by atoms with van der Waals surface area (Å²) in [5.74, 6) is -1.53. The molecule has 1 amide bonds. The quantitative estimate of drug-likeness (QED) is 0.880. The number of aromatic nitrogens is 1. The molecule has 0 bridgehead atoms. The molecule has 0 aliphatic carbocycles. The molecule has 0 aliphatic rings. The van der Waals surface area contributed by atoms with Crippen LogP contribution in [0.2, 0.25) is 0 Å². The number of para-hydroxylation sites is 1. The first kappa shape index (κ1) is 15.5. The molecule has 0 spiro atoms. The number of anilines is 1. The molecule has 0 atom stereocenters. The normalized spacial score (nSPS) is 10.2. The van der Waals surface area contributed by atoms with Gasteiger partial charge in [-0.1, -0.05) is 25.1 Å². The van der Waals surface area contributed by atoms with Crippen molar-refractivity contribution < 1.29 is 14.7 Å². The number of pyridine rings is 1. The topological polar surface area (TPSA) is 88.4 Å². The second kappa shape index (κ2) is 6.71. The van der Waals surface area contributed by atoms with Crippen molar-refractivity contribution >= 4 is 17.6 Å². The lowest BCUT2D eigenvalue weighted by molar-refractivity contribution is -0.116. The van der Waals surface area contributed by atoms with Gasteiger partial charge >= 0.3 is 5.97 Å². The lowest BCUT2D eigenvalue weighted by Crippen LogP contribution is -2.27. The zero-order valence-electron chi connectivity index (χ0n) is 12.1. The van der Waals surface area contributed by atoms with Crippen molar-refractivity contribution in [1.82, 2.24) is 4.57 Å². The summed E-state index contributed by atoms with van der Waals surface area (Å²) in [5.41, 5.74) is 1.21. The first-order chi connectivity index (χ1) is 10.5. The van der Waals surface area contributed by atoms with Gasteiger partial charge in [0.05, 0.1) is 5.56 Å². The highest BCUT2D eigenvalue weighted by molar-refractivity contribution is 5.91. The predicted molar refractivity (Wildman–Crippen MR) is 82.1 cm³/mol. The van der Waals surface area contributed by atoms with Gasteiger partial charge in [-0.3, -0.25) is 9.59 Å². The molecule has 1 heterocycles. The third-order valence-electron chi connectivity index (χ3n) is 3.22. The van der Waals surface area contributed by atoms with Crippen molar-refractivity contribution in [2.24, 2.45) is 0 Å². The molecule has 1 aromatic heterocycles. The molecule has 2 aromatic rings. The molecule has 0 unspecified atom stereocenters. The Balaban J connectivity index is 2.17. The number of hydrogen-bond acceptors (Lipinski definition) is 3. The molecular formula is C16H16N2O4. The van der Waals surface area contributed by atoms with Gasteiger partial charge in [0.1, 0.15) is 6.54 Å². The number of carbonyl (C=O) groups excluding carboxylic acids is 1. The van der Waals surface area contributed by atoms with E-state index in [4.69, 9.17) is 5.11 Å². The van der Waals surface area contributed by atoms with Gasteiger partial charge in [0, 0.05) is 18.0 Å². The van der Waals surface area contributed by atoms with Crippen LogP contribution in [0.15, 0.2) is 47.4 Å². The highest BCUT2D eigenvalue weighted by atomic mass is 16.4. The van der Waals surface area contributed by atoms with Crippen molar-refractivity contribution in [3.63, 3.8) is 0 Å². The summed E-state index contributed by atoms with van der Waals surface area (Å²) in [4.78, 5) is 34.7. The maximum atomic E-state index is 12.1. The Hall–Kier alpha value is -2.89. The average molecular weight is 300 g/mol. The third-order valence-corrected chi connectivity index (χ3v) is 3.22. The SMILES string of the molecule is CCc1ccccc1NC(=O)Cn1cc(C(=O)O)ccc1=O. The number of nitrogens with zero attached hydrogens (tertiary/aromatic N) is 1. The fourth-order valence-electron chi connectivity index (χ4n) is 2.08. The molecular weight excluding hydrogens is 284 g/mol. The van der Waals surface area contributed by atoms with Crippen LogP contribution in [0.4, 0.5) is 5.69 Å². The molecule has 114 valence electrons. The zero-order chi connectivity index (χ0) is 16.1. The van der Waals surface area contributed by atoms with E-state index in [-0.39, 0.29) is 18.0 Å². The van der Waals surface area contributed by atoms with Gasteiger partial charge in [-0.25, -0.2) is 4.79 Å². The summed E-state index contributed by atoms with van der Waals surface area (Å²) in [5, 5.41) is 11.7. The summed E-state index contributed by atoms with van der Waals surface area (Å²) >= 11 is 0. The number of aryl methyl sites for hydroxylation is 1. The average Bonchev–Trinajstić information content (AvgIpc) is 2.49. The Morgan fingerprint density at radius 1 is 1.18 bits per heavy atom. The van der Waals surface area contributed by atoms with Crippen molar-refractivity contribution in [3.05, 3.63) is 64.1 Å². The second-order valence-electron chi connectivity index (χ2n) is 4.75. The zero-order valence-corrected chi connectivity index (χ0v) is 12.1. The minimum absolute atomic E-state index is 0.0404. The van der Waals surface area contributed by atoms with Crippen LogP contribution in [0.25, 0.3) is 0 Å². The smallest absolute Gasteiger partial charge is 0.337 e. The fraction of sp³-hybridized carbons (Fsp3) is 0.188. The predicted octanol–water partition coefficient (Wildman–Crippen LogP) is 1.75. The van der Waals surface area contributed by atoms with E-state index in [1.165, 1.54) is 6.07 Å². The van der Waals surface area contributed by atoms with Crippen LogP contribution in [0, 0.1) is 0 Å². The van der Waals surface area contributed by atoms with Crippen molar-refractivity contribution in [2.45, 2.75) is 19.9 Å². The van der Waals surface area contributed by atoms with E-state index >= 15 is 0 Å². The maximum Gasteiger partial charge on any atom is 0.337 e. The number of rotatable bonds is 5. The molecule has 22 heavy (non-hydrogen) atoms. The number of carbonyl (C=O) groups is 2. The van der Waals surface area contributed by atoms with Gasteiger partial charge in [-0.2, -0.15) is 0 Å². The largest absolute Gasteiger partial charge is 0.478 e. The Labute approximate surface area is 127 Å². The van der Waals surface area contributed by atoms with Crippen LogP contribution in [0.1, 0.15) is 22.8 Å². The molecule has 0 aliphatic heterocycles. The molecule has 1 aromatic carbocycles. The first-order valence-electron chi connectivity index (χ1n) is 6.82. The van der Waals surface area contributed by atoms with Gasteiger partial charge in [0.25, 0.3) is 5.56 Å². The van der Waals surface area contributed by atoms with Crippen LogP contribution in [0.3, 0.4) is 0 Å². The number of nitrogens with one attached hydrogen (secondary N) is 1. The van der Waals surface area contributed by atoms with Gasteiger partial charge in [0.15, 0.2) is 0 Å². The molecule has 6 nitrogen and oxygen atoms in total.